The Morgan fingerprint density at radius 3 is 2.10 bits per heavy atom. The second-order valence-corrected chi connectivity index (χ2v) is 17.8. The van der Waals surface area contributed by atoms with Gasteiger partial charge in [-0.15, -0.1) is 51.8 Å². The van der Waals surface area contributed by atoms with Gasteiger partial charge in [-0.2, -0.15) is 0 Å². The zero-order valence-corrected chi connectivity index (χ0v) is 36.7. The van der Waals surface area contributed by atoms with E-state index in [9.17, 15) is 9.90 Å². The number of nitrogens with zero attached hydrogens (tertiary/aromatic N) is 1. The van der Waals surface area contributed by atoms with Crippen LogP contribution in [0, 0.1) is 30.7 Å². The molecule has 0 aliphatic heterocycles. The van der Waals surface area contributed by atoms with Gasteiger partial charge in [0.25, 0.3) is 0 Å². The van der Waals surface area contributed by atoms with Crippen LogP contribution in [0.3, 0.4) is 0 Å². The molecule has 3 heterocycles. The largest absolute Gasteiger partial charge is 0.512 e. The average Bonchev–Trinajstić information content (AvgIpc) is 3.68. The van der Waals surface area contributed by atoms with Gasteiger partial charge in [0.15, 0.2) is 5.78 Å². The second-order valence-electron chi connectivity index (χ2n) is 15.5. The number of hydrogen-bond donors (Lipinski definition) is 1. The summed E-state index contributed by atoms with van der Waals surface area (Å²) in [7, 11) is 0. The number of carbonyl (C=O) groups is 1. The fourth-order valence-electron chi connectivity index (χ4n) is 6.70. The van der Waals surface area contributed by atoms with Gasteiger partial charge in [0.05, 0.1) is 0 Å². The van der Waals surface area contributed by atoms with Crippen LogP contribution in [0.1, 0.15) is 104 Å². The summed E-state index contributed by atoms with van der Waals surface area (Å²) >= 11 is 3.74. The molecule has 6 rings (SSSR count). The minimum atomic E-state index is -0.337. The smallest absolute Gasteiger partial charge is 0.164 e. The normalized spacial score (nSPS) is 12.6. The Morgan fingerprint density at radius 1 is 0.808 bits per heavy atom. The first kappa shape index (κ1) is 41.6. The third-order valence-electron chi connectivity index (χ3n) is 11.2. The molecule has 0 unspecified atom stereocenters. The maximum absolute atomic E-state index is 12.2. The molecule has 1 radical (unpaired) electrons. The predicted octanol–water partition coefficient (Wildman–Crippen LogP) is 14.4. The Balaban J connectivity index is 0.000000289. The van der Waals surface area contributed by atoms with E-state index in [1.165, 1.54) is 58.1 Å². The Bertz CT molecular complexity index is 2220. The van der Waals surface area contributed by atoms with E-state index in [0.717, 1.165) is 42.3 Å². The SMILES string of the molecule is CCC(C)(CC)C(=O)/C=C(\O)C(C)(CC)CC.Cc1cc2c(-c3sc4ccnc(-c5[c-]c6ccccc6c(C(C)(C)C)c5)c4c3C)cccc2s1.[Ir]. The summed E-state index contributed by atoms with van der Waals surface area (Å²) in [6, 6.07) is 25.8. The van der Waals surface area contributed by atoms with E-state index in [1.54, 1.807) is 0 Å². The molecule has 52 heavy (non-hydrogen) atoms. The van der Waals surface area contributed by atoms with E-state index in [2.05, 4.69) is 101 Å². The van der Waals surface area contributed by atoms with Gasteiger partial charge in [-0.05, 0) is 74.1 Å². The number of aromatic nitrogens is 1. The molecule has 6 aromatic rings. The van der Waals surface area contributed by atoms with Gasteiger partial charge in [-0.25, -0.2) is 0 Å². The van der Waals surface area contributed by atoms with Gasteiger partial charge >= 0.3 is 0 Å². The molecule has 0 aliphatic rings. The maximum Gasteiger partial charge on any atom is 0.164 e. The van der Waals surface area contributed by atoms with Crippen LogP contribution in [-0.4, -0.2) is 15.9 Å². The standard InChI is InChI=1S/C31H26NS2.C15H28O2.Ir/c1-18-15-24-23(11-8-12-26(24)33-18)30-19(2)28-27(34-30)13-14-32-29(28)21-16-20-9-6-7-10-22(20)25(17-21)31(3,4)5;1-7-14(5,8-2)12(16)11-13(17)15(6,9-3)10-4;/h6-15,17H,1-5H3;11,16H,7-10H2,1-6H3;/q-1;;/b;12-11-;. The monoisotopic (exact) mass is 909 g/mol. The van der Waals surface area contributed by atoms with E-state index in [-0.39, 0.29) is 47.9 Å². The third kappa shape index (κ3) is 8.16. The first-order chi connectivity index (χ1) is 24.1. The van der Waals surface area contributed by atoms with Crippen molar-refractivity contribution in [1.82, 2.24) is 4.98 Å². The molecule has 0 bridgehead atoms. The molecule has 0 aliphatic carbocycles. The molecular weight excluding hydrogens is 855 g/mol. The minimum absolute atomic E-state index is 0. The van der Waals surface area contributed by atoms with Crippen molar-refractivity contribution in [3.63, 3.8) is 0 Å². The summed E-state index contributed by atoms with van der Waals surface area (Å²) < 4.78 is 2.63. The van der Waals surface area contributed by atoms with E-state index < -0.39 is 0 Å². The Hall–Kier alpha value is -3.15. The molecule has 0 amide bonds. The van der Waals surface area contributed by atoms with Crippen molar-refractivity contribution >= 4 is 59.4 Å². The zero-order valence-electron chi connectivity index (χ0n) is 32.7. The number of thiophene rings is 2. The Morgan fingerprint density at radius 2 is 1.46 bits per heavy atom. The van der Waals surface area contributed by atoms with Crippen molar-refractivity contribution in [3.8, 4) is 21.7 Å². The van der Waals surface area contributed by atoms with Gasteiger partial charge in [-0.1, -0.05) is 104 Å². The van der Waals surface area contributed by atoms with E-state index >= 15 is 0 Å². The third-order valence-corrected chi connectivity index (χ3v) is 13.5. The number of benzene rings is 3. The number of ketones is 1. The van der Waals surface area contributed by atoms with Crippen molar-refractivity contribution in [2.75, 3.05) is 0 Å². The van der Waals surface area contributed by atoms with Crippen LogP contribution in [0.4, 0.5) is 0 Å². The van der Waals surface area contributed by atoms with Crippen molar-refractivity contribution < 1.29 is 30.0 Å². The number of carbonyl (C=O) groups excluding carboxylic acids is 1. The van der Waals surface area contributed by atoms with Crippen LogP contribution in [0.25, 0.3) is 52.6 Å². The van der Waals surface area contributed by atoms with E-state index in [4.69, 9.17) is 4.98 Å². The summed E-state index contributed by atoms with van der Waals surface area (Å²) in [6.07, 6.45) is 6.71. The molecule has 3 nitrogen and oxygen atoms in total. The van der Waals surface area contributed by atoms with Crippen LogP contribution in [0.15, 0.2) is 78.7 Å². The number of rotatable bonds is 9. The van der Waals surface area contributed by atoms with Gasteiger partial charge in [0, 0.05) is 79.0 Å². The second kappa shape index (κ2) is 16.5. The Labute approximate surface area is 333 Å². The zero-order chi connectivity index (χ0) is 37.3. The van der Waals surface area contributed by atoms with Crippen LogP contribution < -0.4 is 0 Å². The summed E-state index contributed by atoms with van der Waals surface area (Å²) in [4.78, 5) is 19.8. The number of pyridine rings is 1. The van der Waals surface area contributed by atoms with Crippen molar-refractivity contribution in [2.24, 2.45) is 10.8 Å². The number of aryl methyl sites for hydroxylation is 2. The maximum atomic E-state index is 12.2. The molecule has 277 valence electrons. The summed E-state index contributed by atoms with van der Waals surface area (Å²) in [5, 5.41) is 15.1. The number of hydrogen-bond acceptors (Lipinski definition) is 5. The molecule has 0 saturated carbocycles. The van der Waals surface area contributed by atoms with Crippen LogP contribution in [-0.2, 0) is 30.3 Å². The topological polar surface area (TPSA) is 50.2 Å². The first-order valence-corrected chi connectivity index (χ1v) is 20.0. The van der Waals surface area contributed by atoms with Gasteiger partial charge in [-0.3, -0.25) is 9.78 Å². The van der Waals surface area contributed by atoms with Gasteiger partial charge in [0.1, 0.15) is 5.76 Å². The molecule has 0 spiro atoms. The first-order valence-electron chi connectivity index (χ1n) is 18.4. The van der Waals surface area contributed by atoms with Gasteiger partial charge < -0.3 is 5.11 Å². The van der Waals surface area contributed by atoms with Crippen LogP contribution in [0.2, 0.25) is 0 Å². The fraction of sp³-hybridized carbons (Fsp3) is 0.391. The molecule has 1 N–H and O–H groups in total. The van der Waals surface area contributed by atoms with Crippen molar-refractivity contribution in [2.45, 2.75) is 107 Å². The summed E-state index contributed by atoms with van der Waals surface area (Å²) in [5.41, 5.74) is 5.49. The molecule has 0 saturated heterocycles. The molecule has 3 aromatic carbocycles. The summed E-state index contributed by atoms with van der Waals surface area (Å²) in [5.74, 6) is 0.286. The van der Waals surface area contributed by atoms with Crippen LogP contribution in [0.5, 0.6) is 0 Å². The van der Waals surface area contributed by atoms with Crippen molar-refractivity contribution in [3.05, 3.63) is 101 Å². The number of fused-ring (bicyclic) bond motifs is 3. The quantitative estimate of drug-likeness (QED) is 0.0893. The molecular formula is C46H54IrNO2S2-. The van der Waals surface area contributed by atoms with Gasteiger partial charge in [0.2, 0.25) is 0 Å². The molecule has 3 aromatic heterocycles. The number of aliphatic hydroxyl groups is 1. The minimum Gasteiger partial charge on any atom is -0.512 e. The molecule has 0 fully saturated rings. The van der Waals surface area contributed by atoms with Crippen LogP contribution >= 0.6 is 22.7 Å². The molecule has 0 atom stereocenters. The fourth-order valence-corrected chi connectivity index (χ4v) is 8.89. The van der Waals surface area contributed by atoms with Crippen molar-refractivity contribution in [1.29, 1.82) is 0 Å². The summed E-state index contributed by atoms with van der Waals surface area (Å²) in [6.45, 7) is 23.4. The van der Waals surface area contributed by atoms with E-state index in [1.807, 2.05) is 70.4 Å². The Kier molecular flexibility index (Phi) is 13.2. The number of aliphatic hydroxyl groups excluding tert-OH is 1. The average molecular weight is 909 g/mol. The molecule has 6 heteroatoms. The number of allylic oxidation sites excluding steroid dienone is 2. The predicted molar refractivity (Wildman–Crippen MR) is 223 cm³/mol. The van der Waals surface area contributed by atoms with E-state index in [0.29, 0.717) is 0 Å².